The van der Waals surface area contributed by atoms with Crippen LogP contribution in [0.4, 0.5) is 0 Å². The van der Waals surface area contributed by atoms with Crippen LogP contribution in [0.25, 0.3) is 0 Å². The molecule has 1 aliphatic rings. The van der Waals surface area contributed by atoms with Gasteiger partial charge in [0, 0.05) is 18.1 Å². The lowest BCUT2D eigenvalue weighted by Crippen LogP contribution is -2.49. The van der Waals surface area contributed by atoms with E-state index in [0.29, 0.717) is 11.6 Å². The second-order valence-electron chi connectivity index (χ2n) is 4.86. The van der Waals surface area contributed by atoms with Crippen LogP contribution in [-0.4, -0.2) is 36.1 Å². The molecule has 0 amide bonds. The van der Waals surface area contributed by atoms with Crippen LogP contribution in [-0.2, 0) is 0 Å². The quantitative estimate of drug-likeness (QED) is 0.748. The molecule has 0 aromatic heterocycles. The van der Waals surface area contributed by atoms with Crippen LogP contribution in [0.5, 0.6) is 0 Å². The highest BCUT2D eigenvalue weighted by atomic mass is 15.2. The third-order valence-electron chi connectivity index (χ3n) is 3.88. The van der Waals surface area contributed by atoms with E-state index in [9.17, 15) is 0 Å². The maximum absolute atomic E-state index is 3.55. The minimum atomic E-state index is 0.417. The fourth-order valence-electron chi connectivity index (χ4n) is 2.29. The molecule has 0 radical (unpaired) electrons. The second-order valence-corrected chi connectivity index (χ2v) is 4.86. The SMILES string of the molecule is CCC(C)(CC)N1CCCNC(C)C1. The van der Waals surface area contributed by atoms with Crippen molar-refractivity contribution >= 4 is 0 Å². The Bertz CT molecular complexity index is 164. The third kappa shape index (κ3) is 2.71. The Labute approximate surface area is 89.1 Å². The van der Waals surface area contributed by atoms with Crippen molar-refractivity contribution in [2.24, 2.45) is 0 Å². The first-order valence-corrected chi connectivity index (χ1v) is 6.11. The van der Waals surface area contributed by atoms with Gasteiger partial charge in [0.15, 0.2) is 0 Å². The molecule has 0 spiro atoms. The van der Waals surface area contributed by atoms with E-state index in [2.05, 4.69) is 37.9 Å². The smallest absolute Gasteiger partial charge is 0.0176 e. The summed E-state index contributed by atoms with van der Waals surface area (Å²) in [6, 6.07) is 0.648. The zero-order valence-electron chi connectivity index (χ0n) is 10.3. The Morgan fingerprint density at radius 2 is 2.00 bits per heavy atom. The molecule has 1 unspecified atom stereocenters. The predicted octanol–water partition coefficient (Wildman–Crippen LogP) is 2.25. The summed E-state index contributed by atoms with van der Waals surface area (Å²) in [5.74, 6) is 0. The number of nitrogens with zero attached hydrogens (tertiary/aromatic N) is 1. The summed E-state index contributed by atoms with van der Waals surface area (Å²) in [5.41, 5.74) is 0.417. The van der Waals surface area contributed by atoms with Crippen LogP contribution in [0.1, 0.15) is 47.0 Å². The lowest BCUT2D eigenvalue weighted by Gasteiger charge is -2.40. The maximum atomic E-state index is 3.55. The van der Waals surface area contributed by atoms with E-state index in [1.54, 1.807) is 0 Å². The van der Waals surface area contributed by atoms with Crippen molar-refractivity contribution in [3.63, 3.8) is 0 Å². The van der Waals surface area contributed by atoms with Gasteiger partial charge in [-0.2, -0.15) is 0 Å². The fraction of sp³-hybridized carbons (Fsp3) is 1.00. The first-order chi connectivity index (χ1) is 6.62. The molecule has 1 fully saturated rings. The zero-order valence-corrected chi connectivity index (χ0v) is 10.3. The van der Waals surface area contributed by atoms with Crippen LogP contribution >= 0.6 is 0 Å². The molecule has 0 saturated carbocycles. The largest absolute Gasteiger partial charge is 0.313 e. The number of hydrogen-bond donors (Lipinski definition) is 1. The normalized spacial score (nSPS) is 26.1. The first kappa shape index (κ1) is 12.0. The van der Waals surface area contributed by atoms with Gasteiger partial charge in [0.05, 0.1) is 0 Å². The summed E-state index contributed by atoms with van der Waals surface area (Å²) in [4.78, 5) is 2.68. The van der Waals surface area contributed by atoms with Crippen LogP contribution in [0.2, 0.25) is 0 Å². The second kappa shape index (κ2) is 5.13. The fourth-order valence-corrected chi connectivity index (χ4v) is 2.29. The van der Waals surface area contributed by atoms with Crippen LogP contribution in [0.3, 0.4) is 0 Å². The number of nitrogens with one attached hydrogen (secondary N) is 1. The van der Waals surface area contributed by atoms with Gasteiger partial charge in [-0.05, 0) is 46.2 Å². The first-order valence-electron chi connectivity index (χ1n) is 6.11. The molecule has 1 heterocycles. The van der Waals surface area contributed by atoms with Crippen molar-refractivity contribution in [2.75, 3.05) is 19.6 Å². The molecule has 1 rings (SSSR count). The molecule has 0 bridgehead atoms. The van der Waals surface area contributed by atoms with Gasteiger partial charge in [-0.3, -0.25) is 4.90 Å². The average Bonchev–Trinajstić information content (AvgIpc) is 2.42. The number of hydrogen-bond acceptors (Lipinski definition) is 2. The van der Waals surface area contributed by atoms with Crippen molar-refractivity contribution in [3.05, 3.63) is 0 Å². The standard InChI is InChI=1S/C12H26N2/c1-5-12(4,6-2)14-9-7-8-13-11(3)10-14/h11,13H,5-10H2,1-4H3. The van der Waals surface area contributed by atoms with Crippen molar-refractivity contribution in [2.45, 2.75) is 58.5 Å². The van der Waals surface area contributed by atoms with Gasteiger partial charge in [0.25, 0.3) is 0 Å². The molecule has 14 heavy (non-hydrogen) atoms. The molecule has 0 aromatic rings. The Morgan fingerprint density at radius 3 is 2.57 bits per heavy atom. The van der Waals surface area contributed by atoms with Crippen LogP contribution < -0.4 is 5.32 Å². The lowest BCUT2D eigenvalue weighted by molar-refractivity contribution is 0.0943. The minimum Gasteiger partial charge on any atom is -0.313 e. The molecule has 0 aromatic carbocycles. The maximum Gasteiger partial charge on any atom is 0.0176 e. The summed E-state index contributed by atoms with van der Waals surface area (Å²) < 4.78 is 0. The monoisotopic (exact) mass is 198 g/mol. The molecule has 1 atom stereocenters. The molecular formula is C12H26N2. The lowest BCUT2D eigenvalue weighted by atomic mass is 9.92. The molecule has 1 saturated heterocycles. The van der Waals surface area contributed by atoms with Gasteiger partial charge in [-0.1, -0.05) is 13.8 Å². The van der Waals surface area contributed by atoms with Crippen molar-refractivity contribution in [3.8, 4) is 0 Å². The molecule has 2 nitrogen and oxygen atoms in total. The average molecular weight is 198 g/mol. The van der Waals surface area contributed by atoms with E-state index >= 15 is 0 Å². The van der Waals surface area contributed by atoms with Crippen molar-refractivity contribution in [1.29, 1.82) is 0 Å². The molecule has 1 aliphatic heterocycles. The Morgan fingerprint density at radius 1 is 1.36 bits per heavy atom. The number of rotatable bonds is 3. The summed E-state index contributed by atoms with van der Waals surface area (Å²) in [7, 11) is 0. The van der Waals surface area contributed by atoms with Gasteiger partial charge >= 0.3 is 0 Å². The molecule has 84 valence electrons. The van der Waals surface area contributed by atoms with Gasteiger partial charge < -0.3 is 5.32 Å². The van der Waals surface area contributed by atoms with E-state index in [1.807, 2.05) is 0 Å². The van der Waals surface area contributed by atoms with Gasteiger partial charge in [-0.25, -0.2) is 0 Å². The molecule has 1 N–H and O–H groups in total. The molecule has 0 aliphatic carbocycles. The van der Waals surface area contributed by atoms with Gasteiger partial charge in [0.1, 0.15) is 0 Å². The Kier molecular flexibility index (Phi) is 4.39. The van der Waals surface area contributed by atoms with Gasteiger partial charge in [0.2, 0.25) is 0 Å². The van der Waals surface area contributed by atoms with E-state index in [-0.39, 0.29) is 0 Å². The summed E-state index contributed by atoms with van der Waals surface area (Å²) in [6.07, 6.45) is 3.81. The summed E-state index contributed by atoms with van der Waals surface area (Å²) in [5, 5.41) is 3.55. The van der Waals surface area contributed by atoms with Crippen molar-refractivity contribution < 1.29 is 0 Å². The van der Waals surface area contributed by atoms with Crippen molar-refractivity contribution in [1.82, 2.24) is 10.2 Å². The minimum absolute atomic E-state index is 0.417. The topological polar surface area (TPSA) is 15.3 Å². The third-order valence-corrected chi connectivity index (χ3v) is 3.88. The molecule has 2 heteroatoms. The van der Waals surface area contributed by atoms with Gasteiger partial charge in [-0.15, -0.1) is 0 Å². The van der Waals surface area contributed by atoms with Crippen LogP contribution in [0, 0.1) is 0 Å². The zero-order chi connectivity index (χ0) is 10.6. The Hall–Kier alpha value is -0.0800. The highest BCUT2D eigenvalue weighted by Gasteiger charge is 2.29. The molecular weight excluding hydrogens is 172 g/mol. The van der Waals surface area contributed by atoms with E-state index in [0.717, 1.165) is 0 Å². The summed E-state index contributed by atoms with van der Waals surface area (Å²) >= 11 is 0. The Balaban J connectivity index is 2.63. The van der Waals surface area contributed by atoms with E-state index < -0.39 is 0 Å². The highest BCUT2D eigenvalue weighted by molar-refractivity contribution is 4.87. The van der Waals surface area contributed by atoms with Crippen LogP contribution in [0.15, 0.2) is 0 Å². The summed E-state index contributed by atoms with van der Waals surface area (Å²) in [6.45, 7) is 13.0. The van der Waals surface area contributed by atoms with E-state index in [1.165, 1.54) is 38.9 Å². The highest BCUT2D eigenvalue weighted by Crippen LogP contribution is 2.24. The van der Waals surface area contributed by atoms with E-state index in [4.69, 9.17) is 0 Å². The predicted molar refractivity (Wildman–Crippen MR) is 62.6 cm³/mol.